The summed E-state index contributed by atoms with van der Waals surface area (Å²) in [6, 6.07) is 0.602. The minimum absolute atomic E-state index is 0.464. The summed E-state index contributed by atoms with van der Waals surface area (Å²) in [5, 5.41) is 4.57. The first-order valence-electron chi connectivity index (χ1n) is 5.24. The van der Waals surface area contributed by atoms with Gasteiger partial charge in [-0.3, -0.25) is 0 Å². The molecule has 0 spiro atoms. The number of nitrogens with one attached hydrogen (secondary N) is 1. The third-order valence-corrected chi connectivity index (χ3v) is 2.97. The highest BCUT2D eigenvalue weighted by atomic mass is 79.9. The fourth-order valence-electron chi connectivity index (χ4n) is 1.57. The van der Waals surface area contributed by atoms with Crippen LogP contribution in [-0.2, 0) is 4.74 Å². The van der Waals surface area contributed by atoms with Gasteiger partial charge in [-0.25, -0.2) is 0 Å². The van der Waals surface area contributed by atoms with Gasteiger partial charge in [0.2, 0.25) is 0 Å². The molecule has 0 saturated carbocycles. The van der Waals surface area contributed by atoms with E-state index in [4.69, 9.17) is 4.74 Å². The highest BCUT2D eigenvalue weighted by Gasteiger charge is 2.13. The number of halogens is 1. The predicted molar refractivity (Wildman–Crippen MR) is 59.5 cm³/mol. The second kappa shape index (κ2) is 6.80. The number of hydrogen-bond acceptors (Lipinski definition) is 2. The van der Waals surface area contributed by atoms with E-state index in [2.05, 4.69) is 28.2 Å². The lowest BCUT2D eigenvalue weighted by Crippen LogP contribution is -2.36. The topological polar surface area (TPSA) is 21.3 Å². The molecule has 0 aromatic carbocycles. The van der Waals surface area contributed by atoms with Crippen molar-refractivity contribution in [3.8, 4) is 0 Å². The smallest absolute Gasteiger partial charge is 0.0699 e. The fourth-order valence-corrected chi connectivity index (χ4v) is 2.25. The van der Waals surface area contributed by atoms with Gasteiger partial charge in [-0.05, 0) is 32.6 Å². The van der Waals surface area contributed by atoms with Crippen LogP contribution in [0, 0.1) is 0 Å². The van der Waals surface area contributed by atoms with Crippen molar-refractivity contribution in [1.29, 1.82) is 0 Å². The Hall–Kier alpha value is 0.400. The quantitative estimate of drug-likeness (QED) is 0.756. The summed E-state index contributed by atoms with van der Waals surface area (Å²) >= 11 is 3.44. The molecular weight excluding hydrogens is 230 g/mol. The molecule has 3 heteroatoms. The Kier molecular flexibility index (Phi) is 6.00. The molecule has 2 nitrogen and oxygen atoms in total. The van der Waals surface area contributed by atoms with Gasteiger partial charge in [0.15, 0.2) is 0 Å². The first-order chi connectivity index (χ1) is 6.33. The van der Waals surface area contributed by atoms with Crippen LogP contribution in [0.2, 0.25) is 0 Å². The number of rotatable bonds is 5. The van der Waals surface area contributed by atoms with E-state index in [9.17, 15) is 0 Å². The maximum atomic E-state index is 5.63. The molecule has 0 bridgehead atoms. The lowest BCUT2D eigenvalue weighted by atomic mass is 10.1. The minimum atomic E-state index is 0.464. The molecule has 2 atom stereocenters. The highest BCUT2D eigenvalue weighted by molar-refractivity contribution is 9.09. The largest absolute Gasteiger partial charge is 0.377 e. The van der Waals surface area contributed by atoms with Crippen LogP contribution in [0.1, 0.15) is 32.6 Å². The van der Waals surface area contributed by atoms with E-state index in [0.717, 1.165) is 18.5 Å². The van der Waals surface area contributed by atoms with Crippen LogP contribution in [0.5, 0.6) is 0 Å². The van der Waals surface area contributed by atoms with Gasteiger partial charge in [-0.1, -0.05) is 15.9 Å². The Balaban J connectivity index is 2.03. The standard InChI is InChI=1S/C10H20BrNO/c1-9(5-6-11)12-8-10-4-2-3-7-13-10/h9-10,12H,2-8H2,1H3. The van der Waals surface area contributed by atoms with Crippen LogP contribution in [-0.4, -0.2) is 30.6 Å². The van der Waals surface area contributed by atoms with Crippen LogP contribution in [0.25, 0.3) is 0 Å². The second-order valence-corrected chi connectivity index (χ2v) is 4.57. The Bertz CT molecular complexity index is 126. The SMILES string of the molecule is CC(CCBr)NCC1CCCCO1. The maximum absolute atomic E-state index is 5.63. The van der Waals surface area contributed by atoms with Crippen molar-refractivity contribution in [2.24, 2.45) is 0 Å². The summed E-state index contributed by atoms with van der Waals surface area (Å²) in [6.07, 6.45) is 5.46. The molecule has 13 heavy (non-hydrogen) atoms. The zero-order chi connectivity index (χ0) is 9.52. The number of hydrogen-bond donors (Lipinski definition) is 1. The summed E-state index contributed by atoms with van der Waals surface area (Å²) < 4.78 is 5.63. The molecule has 0 aromatic rings. The van der Waals surface area contributed by atoms with Gasteiger partial charge in [-0.2, -0.15) is 0 Å². The summed E-state index contributed by atoms with van der Waals surface area (Å²) in [7, 11) is 0. The van der Waals surface area contributed by atoms with E-state index in [1.165, 1.54) is 25.7 Å². The Morgan fingerprint density at radius 2 is 2.38 bits per heavy atom. The summed E-state index contributed by atoms with van der Waals surface area (Å²) in [4.78, 5) is 0. The molecule has 1 aliphatic rings. The van der Waals surface area contributed by atoms with E-state index >= 15 is 0 Å². The predicted octanol–water partition coefficient (Wildman–Crippen LogP) is 2.32. The lowest BCUT2D eigenvalue weighted by molar-refractivity contribution is 0.0156. The Morgan fingerprint density at radius 3 is 3.00 bits per heavy atom. The van der Waals surface area contributed by atoms with E-state index in [1.807, 2.05) is 0 Å². The molecular formula is C10H20BrNO. The molecule has 0 amide bonds. The van der Waals surface area contributed by atoms with Crippen molar-refractivity contribution in [2.75, 3.05) is 18.5 Å². The van der Waals surface area contributed by atoms with E-state index in [1.54, 1.807) is 0 Å². The van der Waals surface area contributed by atoms with Crippen molar-refractivity contribution >= 4 is 15.9 Å². The molecule has 0 radical (unpaired) electrons. The first kappa shape index (κ1) is 11.5. The molecule has 1 saturated heterocycles. The normalized spacial score (nSPS) is 25.8. The molecule has 1 aliphatic heterocycles. The number of alkyl halides is 1. The van der Waals surface area contributed by atoms with Gasteiger partial charge in [0.1, 0.15) is 0 Å². The maximum Gasteiger partial charge on any atom is 0.0699 e. The van der Waals surface area contributed by atoms with E-state index in [0.29, 0.717) is 12.1 Å². The van der Waals surface area contributed by atoms with Crippen molar-refractivity contribution < 1.29 is 4.74 Å². The summed E-state index contributed by atoms with van der Waals surface area (Å²) in [5.41, 5.74) is 0. The Morgan fingerprint density at radius 1 is 1.54 bits per heavy atom. The van der Waals surface area contributed by atoms with Gasteiger partial charge in [0.25, 0.3) is 0 Å². The molecule has 1 fully saturated rings. The van der Waals surface area contributed by atoms with E-state index < -0.39 is 0 Å². The molecule has 78 valence electrons. The van der Waals surface area contributed by atoms with Crippen molar-refractivity contribution in [1.82, 2.24) is 5.32 Å². The summed E-state index contributed by atoms with van der Waals surface area (Å²) in [5.74, 6) is 0. The van der Waals surface area contributed by atoms with Crippen LogP contribution < -0.4 is 5.32 Å². The zero-order valence-electron chi connectivity index (χ0n) is 8.39. The molecule has 1 heterocycles. The second-order valence-electron chi connectivity index (χ2n) is 3.78. The number of ether oxygens (including phenoxy) is 1. The van der Waals surface area contributed by atoms with Gasteiger partial charge >= 0.3 is 0 Å². The zero-order valence-corrected chi connectivity index (χ0v) is 9.98. The van der Waals surface area contributed by atoms with Crippen LogP contribution in [0.15, 0.2) is 0 Å². The van der Waals surface area contributed by atoms with Gasteiger partial charge in [0, 0.05) is 24.5 Å². The minimum Gasteiger partial charge on any atom is -0.377 e. The van der Waals surface area contributed by atoms with E-state index in [-0.39, 0.29) is 0 Å². The molecule has 0 aromatic heterocycles. The van der Waals surface area contributed by atoms with Crippen molar-refractivity contribution in [2.45, 2.75) is 44.8 Å². The lowest BCUT2D eigenvalue weighted by Gasteiger charge is -2.24. The average molecular weight is 250 g/mol. The van der Waals surface area contributed by atoms with Gasteiger partial charge in [-0.15, -0.1) is 0 Å². The van der Waals surface area contributed by atoms with Crippen LogP contribution in [0.3, 0.4) is 0 Å². The van der Waals surface area contributed by atoms with Gasteiger partial charge < -0.3 is 10.1 Å². The van der Waals surface area contributed by atoms with Crippen LogP contribution >= 0.6 is 15.9 Å². The average Bonchev–Trinajstić information content (AvgIpc) is 2.17. The Labute approximate surface area is 89.5 Å². The van der Waals surface area contributed by atoms with Gasteiger partial charge in [0.05, 0.1) is 6.10 Å². The monoisotopic (exact) mass is 249 g/mol. The van der Waals surface area contributed by atoms with Crippen molar-refractivity contribution in [3.63, 3.8) is 0 Å². The van der Waals surface area contributed by atoms with Crippen LogP contribution in [0.4, 0.5) is 0 Å². The van der Waals surface area contributed by atoms with Crippen molar-refractivity contribution in [3.05, 3.63) is 0 Å². The molecule has 1 N–H and O–H groups in total. The highest BCUT2D eigenvalue weighted by Crippen LogP contribution is 2.11. The molecule has 1 rings (SSSR count). The first-order valence-corrected chi connectivity index (χ1v) is 6.36. The fraction of sp³-hybridized carbons (Fsp3) is 1.00. The third kappa shape index (κ3) is 4.99. The summed E-state index contributed by atoms with van der Waals surface area (Å²) in [6.45, 7) is 4.21. The molecule has 0 aliphatic carbocycles. The third-order valence-electron chi connectivity index (χ3n) is 2.51. The molecule has 2 unspecified atom stereocenters.